The van der Waals surface area contributed by atoms with Crippen LogP contribution in [0, 0.1) is 0 Å². The molecule has 0 aliphatic heterocycles. The largest absolute Gasteiger partial charge is 0.507 e. The van der Waals surface area contributed by atoms with Gasteiger partial charge in [-0.25, -0.2) is 0 Å². The number of aryl methyl sites for hydroxylation is 1. The lowest BCUT2D eigenvalue weighted by molar-refractivity contribution is 0.237. The highest BCUT2D eigenvalue weighted by atomic mass is 16.5. The van der Waals surface area contributed by atoms with Crippen molar-refractivity contribution in [1.29, 1.82) is 0 Å². The maximum absolute atomic E-state index is 10.9. The van der Waals surface area contributed by atoms with E-state index in [1.54, 1.807) is 20.3 Å². The van der Waals surface area contributed by atoms with Gasteiger partial charge in [0.05, 0.1) is 14.2 Å². The maximum Gasteiger partial charge on any atom is 0.166 e. The zero-order valence-electron chi connectivity index (χ0n) is 22.6. The molecule has 1 aliphatic carbocycles. The van der Waals surface area contributed by atoms with Crippen LogP contribution < -0.4 is 19.9 Å². The van der Waals surface area contributed by atoms with Crippen molar-refractivity contribution < 1.29 is 19.3 Å². The van der Waals surface area contributed by atoms with Crippen molar-refractivity contribution in [3.63, 3.8) is 0 Å². The molecule has 6 heteroatoms. The Bertz CT molecular complexity index is 1210. The Morgan fingerprint density at radius 3 is 2.43 bits per heavy atom. The Balaban J connectivity index is 1.65. The fourth-order valence-corrected chi connectivity index (χ4v) is 5.30. The van der Waals surface area contributed by atoms with E-state index in [9.17, 15) is 5.11 Å². The first-order valence-corrected chi connectivity index (χ1v) is 13.2. The Labute approximate surface area is 221 Å². The summed E-state index contributed by atoms with van der Waals surface area (Å²) in [6, 6.07) is 13.8. The van der Waals surface area contributed by atoms with Crippen LogP contribution in [0.5, 0.6) is 23.0 Å². The number of likely N-dealkylation sites (N-methyl/N-ethyl adjacent to an activating group) is 1. The molecule has 0 aromatic heterocycles. The molecule has 3 aromatic rings. The summed E-state index contributed by atoms with van der Waals surface area (Å²) in [5.41, 5.74) is 13.4. The number of fused-ring (bicyclic) bond motifs is 1. The Hall–Kier alpha value is -3.38. The highest BCUT2D eigenvalue weighted by Crippen LogP contribution is 2.47. The summed E-state index contributed by atoms with van der Waals surface area (Å²) in [7, 11) is 5.38. The van der Waals surface area contributed by atoms with Crippen LogP contribution in [0.15, 0.2) is 42.5 Å². The van der Waals surface area contributed by atoms with E-state index in [-0.39, 0.29) is 5.75 Å². The third-order valence-electron chi connectivity index (χ3n) is 7.24. The van der Waals surface area contributed by atoms with E-state index in [4.69, 9.17) is 19.9 Å². The summed E-state index contributed by atoms with van der Waals surface area (Å²) in [5.74, 6) is 2.32. The summed E-state index contributed by atoms with van der Waals surface area (Å²) >= 11 is 0. The van der Waals surface area contributed by atoms with Gasteiger partial charge in [0.15, 0.2) is 11.5 Å². The minimum absolute atomic E-state index is 0.247. The van der Waals surface area contributed by atoms with Gasteiger partial charge in [-0.05, 0) is 86.7 Å². The number of rotatable bonds is 11. The van der Waals surface area contributed by atoms with Gasteiger partial charge in [-0.15, -0.1) is 0 Å². The lowest BCUT2D eigenvalue weighted by atomic mass is 9.84. The number of ether oxygens (including phenoxy) is 3. The molecule has 6 nitrogen and oxygen atoms in total. The summed E-state index contributed by atoms with van der Waals surface area (Å²) in [6.45, 7) is 4.80. The number of nitrogens with two attached hydrogens (primary N) is 1. The number of methoxy groups -OCH3 is 2. The molecule has 0 heterocycles. The van der Waals surface area contributed by atoms with Gasteiger partial charge in [-0.2, -0.15) is 0 Å². The van der Waals surface area contributed by atoms with Crippen molar-refractivity contribution in [1.82, 2.24) is 4.90 Å². The molecule has 0 saturated heterocycles. The highest BCUT2D eigenvalue weighted by Gasteiger charge is 2.24. The standard InChI is InChI=1S/C31H40N2O4/c1-5-16-33(2)17-18-37-23-13-10-21(11-14-23)19-26-30(32)25(20-28(35-3)31(26)36-4)29-24-9-7-6-8-22(24)12-15-27(29)34/h10-15,20,34H,5-9,16-19,32H2,1-4H3. The lowest BCUT2D eigenvalue weighted by Gasteiger charge is -2.24. The van der Waals surface area contributed by atoms with Crippen LogP contribution in [0.4, 0.5) is 5.69 Å². The molecular weight excluding hydrogens is 464 g/mol. The van der Waals surface area contributed by atoms with Gasteiger partial charge < -0.3 is 30.0 Å². The Morgan fingerprint density at radius 1 is 0.973 bits per heavy atom. The predicted molar refractivity (Wildman–Crippen MR) is 150 cm³/mol. The average molecular weight is 505 g/mol. The van der Waals surface area contributed by atoms with Crippen LogP contribution in [0.3, 0.4) is 0 Å². The molecule has 4 rings (SSSR count). The topological polar surface area (TPSA) is 77.2 Å². The number of hydrogen-bond acceptors (Lipinski definition) is 6. The Kier molecular flexibility index (Phi) is 8.82. The Morgan fingerprint density at radius 2 is 1.73 bits per heavy atom. The van der Waals surface area contributed by atoms with E-state index in [0.717, 1.165) is 66.8 Å². The molecule has 3 N–H and O–H groups in total. The monoisotopic (exact) mass is 504 g/mol. The molecule has 0 fully saturated rings. The number of phenolic OH excluding ortho intramolecular Hbond substituents is 1. The van der Waals surface area contributed by atoms with Crippen molar-refractivity contribution >= 4 is 5.69 Å². The minimum Gasteiger partial charge on any atom is -0.507 e. The molecule has 1 aliphatic rings. The van der Waals surface area contributed by atoms with E-state index >= 15 is 0 Å². The quantitative estimate of drug-likeness (QED) is 0.319. The fraction of sp³-hybridized carbons (Fsp3) is 0.419. The van der Waals surface area contributed by atoms with Gasteiger partial charge in [-0.1, -0.05) is 25.1 Å². The van der Waals surface area contributed by atoms with Gasteiger partial charge in [0.1, 0.15) is 18.1 Å². The second kappa shape index (κ2) is 12.2. The first kappa shape index (κ1) is 26.7. The highest BCUT2D eigenvalue weighted by molar-refractivity contribution is 5.88. The molecule has 0 unspecified atom stereocenters. The van der Waals surface area contributed by atoms with Crippen LogP contribution in [0.1, 0.15) is 48.4 Å². The predicted octanol–water partition coefficient (Wildman–Crippen LogP) is 5.85. The first-order valence-electron chi connectivity index (χ1n) is 13.2. The van der Waals surface area contributed by atoms with Crippen molar-refractivity contribution in [3.8, 4) is 34.1 Å². The van der Waals surface area contributed by atoms with Crippen molar-refractivity contribution in [2.24, 2.45) is 0 Å². The summed E-state index contributed by atoms with van der Waals surface area (Å²) in [4.78, 5) is 2.27. The van der Waals surface area contributed by atoms with Gasteiger partial charge in [-0.3, -0.25) is 0 Å². The molecule has 0 atom stereocenters. The van der Waals surface area contributed by atoms with E-state index in [2.05, 4.69) is 31.0 Å². The van der Waals surface area contributed by atoms with E-state index < -0.39 is 0 Å². The fourth-order valence-electron chi connectivity index (χ4n) is 5.30. The number of phenols is 1. The van der Waals surface area contributed by atoms with Crippen molar-refractivity contribution in [2.75, 3.05) is 46.7 Å². The van der Waals surface area contributed by atoms with Crippen LogP contribution in [-0.4, -0.2) is 51.0 Å². The molecular formula is C31H40N2O4. The number of hydrogen-bond donors (Lipinski definition) is 2. The summed E-state index contributed by atoms with van der Waals surface area (Å²) < 4.78 is 17.4. The van der Waals surface area contributed by atoms with Crippen LogP contribution in [0.25, 0.3) is 11.1 Å². The second-order valence-electron chi connectivity index (χ2n) is 9.83. The van der Waals surface area contributed by atoms with E-state index in [1.165, 1.54) is 17.5 Å². The molecule has 0 radical (unpaired) electrons. The molecule has 0 amide bonds. The molecule has 0 bridgehead atoms. The van der Waals surface area contributed by atoms with E-state index in [0.29, 0.717) is 30.2 Å². The first-order chi connectivity index (χ1) is 18.0. The zero-order valence-corrected chi connectivity index (χ0v) is 22.6. The van der Waals surface area contributed by atoms with Gasteiger partial charge in [0.2, 0.25) is 0 Å². The smallest absolute Gasteiger partial charge is 0.166 e. The lowest BCUT2D eigenvalue weighted by Crippen LogP contribution is -2.24. The van der Waals surface area contributed by atoms with Crippen LogP contribution >= 0.6 is 0 Å². The molecule has 0 spiro atoms. The van der Waals surface area contributed by atoms with Crippen molar-refractivity contribution in [2.45, 2.75) is 45.4 Å². The number of nitrogen functional groups attached to an aromatic ring is 1. The second-order valence-corrected chi connectivity index (χ2v) is 9.83. The van der Waals surface area contributed by atoms with E-state index in [1.807, 2.05) is 24.3 Å². The molecule has 198 valence electrons. The third kappa shape index (κ3) is 5.96. The van der Waals surface area contributed by atoms with Crippen LogP contribution in [0.2, 0.25) is 0 Å². The molecule has 37 heavy (non-hydrogen) atoms. The minimum atomic E-state index is 0.247. The molecule has 3 aromatic carbocycles. The molecule has 0 saturated carbocycles. The number of nitrogens with zero attached hydrogens (tertiary/aromatic N) is 1. The normalized spacial score (nSPS) is 12.9. The zero-order chi connectivity index (χ0) is 26.4. The SMILES string of the molecule is CCCN(C)CCOc1ccc(Cc2c(N)c(-c3c(O)ccc4c3CCCC4)cc(OC)c2OC)cc1. The summed E-state index contributed by atoms with van der Waals surface area (Å²) in [5, 5.41) is 10.9. The van der Waals surface area contributed by atoms with Crippen LogP contribution in [-0.2, 0) is 19.3 Å². The maximum atomic E-state index is 10.9. The number of anilines is 1. The van der Waals surface area contributed by atoms with Gasteiger partial charge >= 0.3 is 0 Å². The average Bonchev–Trinajstić information content (AvgIpc) is 2.91. The number of aromatic hydroxyl groups is 1. The number of benzene rings is 3. The summed E-state index contributed by atoms with van der Waals surface area (Å²) in [6.07, 6.45) is 5.92. The van der Waals surface area contributed by atoms with Crippen molar-refractivity contribution in [3.05, 3.63) is 64.7 Å². The van der Waals surface area contributed by atoms with Gasteiger partial charge in [0.25, 0.3) is 0 Å². The van der Waals surface area contributed by atoms with Gasteiger partial charge in [0, 0.05) is 35.3 Å². The third-order valence-corrected chi connectivity index (χ3v) is 7.24.